The maximum atomic E-state index is 10.9. The van der Waals surface area contributed by atoms with Crippen molar-refractivity contribution in [2.24, 2.45) is 0 Å². The monoisotopic (exact) mass is 271 g/mol. The molecule has 0 amide bonds. The molecule has 0 aliphatic heterocycles. The van der Waals surface area contributed by atoms with Gasteiger partial charge in [-0.1, -0.05) is 0 Å². The number of rotatable bonds is 3. The van der Waals surface area contributed by atoms with Gasteiger partial charge in [-0.2, -0.15) is 0 Å². The summed E-state index contributed by atoms with van der Waals surface area (Å²) >= 11 is 0. The molecule has 0 spiro atoms. The van der Waals surface area contributed by atoms with Gasteiger partial charge in [0.1, 0.15) is 5.75 Å². The van der Waals surface area contributed by atoms with Gasteiger partial charge in [-0.15, -0.1) is 0 Å². The first-order chi connectivity index (χ1) is 8.97. The fraction of sp³-hybridized carbons (Fsp3) is 0.200. The first-order valence-electron chi connectivity index (χ1n) is 4.78. The van der Waals surface area contributed by atoms with Gasteiger partial charge in [0, 0.05) is 0 Å². The Kier molecular flexibility index (Phi) is 4.63. The molecule has 0 fully saturated rings. The quantitative estimate of drug-likeness (QED) is 0.354. The van der Waals surface area contributed by atoms with E-state index in [4.69, 9.17) is 0 Å². The average molecular weight is 271 g/mol. The maximum absolute atomic E-state index is 10.9. The first-order valence-corrected chi connectivity index (χ1v) is 4.78. The Morgan fingerprint density at radius 1 is 1.11 bits per heavy atom. The summed E-state index contributed by atoms with van der Waals surface area (Å²) in [6, 6.07) is 3.20. The zero-order valence-electron chi connectivity index (χ0n) is 9.95. The van der Waals surface area contributed by atoms with E-state index in [0.717, 1.165) is 26.4 Å². The highest BCUT2D eigenvalue weighted by molar-refractivity contribution is 5.68. The highest BCUT2D eigenvalue weighted by atomic mass is 16.7. The number of hydrogen-bond acceptors (Lipinski definition) is 8. The molecular formula is C10H9NO8. The van der Waals surface area contributed by atoms with Crippen LogP contribution in [0.4, 0.5) is 15.3 Å². The summed E-state index contributed by atoms with van der Waals surface area (Å²) < 4.78 is 17.6. The van der Waals surface area contributed by atoms with Gasteiger partial charge in [-0.3, -0.25) is 10.1 Å². The molecule has 0 N–H and O–H groups in total. The normalized spacial score (nSPS) is 9.37. The van der Waals surface area contributed by atoms with Crippen molar-refractivity contribution in [2.75, 3.05) is 14.2 Å². The molecule has 0 heterocycles. The highest BCUT2D eigenvalue weighted by Gasteiger charge is 2.20. The zero-order valence-corrected chi connectivity index (χ0v) is 9.95. The predicted octanol–water partition coefficient (Wildman–Crippen LogP) is 1.89. The van der Waals surface area contributed by atoms with E-state index in [1.54, 1.807) is 0 Å². The number of nitro groups is 1. The Morgan fingerprint density at radius 3 is 2.21 bits per heavy atom. The summed E-state index contributed by atoms with van der Waals surface area (Å²) in [6.07, 6.45) is -2.14. The molecule has 0 bridgehead atoms. The SMILES string of the molecule is COC(=O)Oc1ccc(OC(=O)OC)c([N+](=O)[O-])c1. The van der Waals surface area contributed by atoms with Crippen LogP contribution in [-0.4, -0.2) is 31.5 Å². The topological polar surface area (TPSA) is 114 Å². The molecule has 102 valence electrons. The maximum Gasteiger partial charge on any atom is 0.513 e. The summed E-state index contributed by atoms with van der Waals surface area (Å²) in [6.45, 7) is 0. The number of carbonyl (C=O) groups is 2. The zero-order chi connectivity index (χ0) is 14.4. The van der Waals surface area contributed by atoms with Crippen molar-refractivity contribution in [2.45, 2.75) is 0 Å². The number of nitrogens with zero attached hydrogens (tertiary/aromatic N) is 1. The van der Waals surface area contributed by atoms with Crippen LogP contribution in [-0.2, 0) is 9.47 Å². The van der Waals surface area contributed by atoms with Crippen LogP contribution in [0.5, 0.6) is 11.5 Å². The van der Waals surface area contributed by atoms with Crippen LogP contribution in [0, 0.1) is 10.1 Å². The van der Waals surface area contributed by atoms with E-state index in [1.807, 2.05) is 0 Å². The number of carbonyl (C=O) groups excluding carboxylic acids is 2. The smallest absolute Gasteiger partial charge is 0.437 e. The minimum atomic E-state index is -1.11. The molecule has 9 heteroatoms. The third-order valence-corrected chi connectivity index (χ3v) is 1.85. The average Bonchev–Trinajstić information content (AvgIpc) is 2.39. The third-order valence-electron chi connectivity index (χ3n) is 1.85. The van der Waals surface area contributed by atoms with Crippen molar-refractivity contribution in [3.05, 3.63) is 28.3 Å². The van der Waals surface area contributed by atoms with Crippen LogP contribution in [0.25, 0.3) is 0 Å². The van der Waals surface area contributed by atoms with Gasteiger partial charge in [-0.25, -0.2) is 9.59 Å². The van der Waals surface area contributed by atoms with Crippen molar-refractivity contribution >= 4 is 18.0 Å². The van der Waals surface area contributed by atoms with E-state index in [9.17, 15) is 19.7 Å². The number of ether oxygens (including phenoxy) is 4. The minimum Gasteiger partial charge on any atom is -0.437 e. The second kappa shape index (κ2) is 6.19. The Bertz CT molecular complexity index is 512. The molecule has 0 atom stereocenters. The largest absolute Gasteiger partial charge is 0.513 e. The molecule has 0 unspecified atom stereocenters. The van der Waals surface area contributed by atoms with Crippen molar-refractivity contribution in [3.8, 4) is 11.5 Å². The molecule has 0 saturated heterocycles. The lowest BCUT2D eigenvalue weighted by Crippen LogP contribution is -2.10. The van der Waals surface area contributed by atoms with E-state index >= 15 is 0 Å². The lowest BCUT2D eigenvalue weighted by Gasteiger charge is -2.06. The standard InChI is InChI=1S/C10H9NO8/c1-16-9(12)18-6-3-4-8(19-10(13)17-2)7(5-6)11(14)15/h3-5H,1-2H3. The number of nitro benzene ring substituents is 1. The lowest BCUT2D eigenvalue weighted by molar-refractivity contribution is -0.385. The van der Waals surface area contributed by atoms with E-state index in [1.165, 1.54) is 6.07 Å². The molecule has 1 aromatic carbocycles. The van der Waals surface area contributed by atoms with Crippen molar-refractivity contribution in [3.63, 3.8) is 0 Å². The fourth-order valence-corrected chi connectivity index (χ4v) is 1.06. The van der Waals surface area contributed by atoms with Crippen LogP contribution in [0.3, 0.4) is 0 Å². The molecule has 0 saturated carbocycles. The molecule has 0 aromatic heterocycles. The summed E-state index contributed by atoms with van der Waals surface area (Å²) in [7, 11) is 2.15. The van der Waals surface area contributed by atoms with Crippen molar-refractivity contribution < 1.29 is 33.5 Å². The molecule has 0 aliphatic rings. The Morgan fingerprint density at radius 2 is 1.68 bits per heavy atom. The van der Waals surface area contributed by atoms with E-state index in [-0.39, 0.29) is 11.5 Å². The predicted molar refractivity (Wildman–Crippen MR) is 59.2 cm³/mol. The molecule has 1 aromatic rings. The van der Waals surface area contributed by atoms with Gasteiger partial charge in [0.15, 0.2) is 0 Å². The van der Waals surface area contributed by atoms with E-state index in [0.29, 0.717) is 0 Å². The Labute approximate surface area is 106 Å². The van der Waals surface area contributed by atoms with Gasteiger partial charge < -0.3 is 18.9 Å². The number of hydrogen-bond donors (Lipinski definition) is 0. The van der Waals surface area contributed by atoms with E-state index < -0.39 is 22.9 Å². The number of methoxy groups -OCH3 is 2. The fourth-order valence-electron chi connectivity index (χ4n) is 1.06. The molecule has 19 heavy (non-hydrogen) atoms. The number of benzene rings is 1. The third kappa shape index (κ3) is 3.84. The van der Waals surface area contributed by atoms with Crippen molar-refractivity contribution in [1.29, 1.82) is 0 Å². The summed E-state index contributed by atoms with van der Waals surface area (Å²) in [4.78, 5) is 31.7. The molecule has 9 nitrogen and oxygen atoms in total. The highest BCUT2D eigenvalue weighted by Crippen LogP contribution is 2.31. The van der Waals surface area contributed by atoms with Gasteiger partial charge in [0.25, 0.3) is 0 Å². The molecule has 1 rings (SSSR count). The second-order valence-corrected chi connectivity index (χ2v) is 3.00. The minimum absolute atomic E-state index is 0.129. The van der Waals surface area contributed by atoms with Crippen LogP contribution in [0.1, 0.15) is 0 Å². The summed E-state index contributed by atoms with van der Waals surface area (Å²) in [5.41, 5.74) is -0.563. The Balaban J connectivity index is 3.04. The Hall–Kier alpha value is -2.84. The second-order valence-electron chi connectivity index (χ2n) is 3.00. The van der Waals surface area contributed by atoms with Gasteiger partial charge >= 0.3 is 18.0 Å². The lowest BCUT2D eigenvalue weighted by atomic mass is 10.3. The van der Waals surface area contributed by atoms with Gasteiger partial charge in [0.2, 0.25) is 5.75 Å². The van der Waals surface area contributed by atoms with Gasteiger partial charge in [-0.05, 0) is 12.1 Å². The van der Waals surface area contributed by atoms with Crippen LogP contribution in [0.15, 0.2) is 18.2 Å². The van der Waals surface area contributed by atoms with Crippen LogP contribution >= 0.6 is 0 Å². The van der Waals surface area contributed by atoms with Crippen LogP contribution in [0.2, 0.25) is 0 Å². The summed E-state index contributed by atoms with van der Waals surface area (Å²) in [5, 5.41) is 10.8. The summed E-state index contributed by atoms with van der Waals surface area (Å²) in [5.74, 6) is -0.468. The first kappa shape index (κ1) is 14.2. The van der Waals surface area contributed by atoms with Crippen LogP contribution < -0.4 is 9.47 Å². The molecular weight excluding hydrogens is 262 g/mol. The van der Waals surface area contributed by atoms with E-state index in [2.05, 4.69) is 18.9 Å². The molecule has 0 radical (unpaired) electrons. The van der Waals surface area contributed by atoms with Crippen molar-refractivity contribution in [1.82, 2.24) is 0 Å². The molecule has 0 aliphatic carbocycles. The van der Waals surface area contributed by atoms with Gasteiger partial charge in [0.05, 0.1) is 25.2 Å².